The molecule has 0 spiro atoms. The first-order valence-corrected chi connectivity index (χ1v) is 10.2. The molecule has 0 bridgehead atoms. The standard InChI is InChI=1S/C15H17Br2N3O4S/c1-8-5-11(16)14(12(17)6-8)18-13(21)7-20(4)25(22,23)15-9(2)19-24-10(15)3/h5-6H,7H2,1-4H3,(H,18,21). The maximum Gasteiger partial charge on any atom is 0.248 e. The number of carbonyl (C=O) groups is 1. The summed E-state index contributed by atoms with van der Waals surface area (Å²) in [5, 5.41) is 6.35. The van der Waals surface area contributed by atoms with Gasteiger partial charge in [0.2, 0.25) is 15.9 Å². The molecule has 10 heteroatoms. The maximum atomic E-state index is 12.6. The van der Waals surface area contributed by atoms with Crippen molar-refractivity contribution in [2.24, 2.45) is 0 Å². The summed E-state index contributed by atoms with van der Waals surface area (Å²) in [6.45, 7) is 4.63. The molecule has 2 aromatic rings. The lowest BCUT2D eigenvalue weighted by atomic mass is 10.2. The Morgan fingerprint density at radius 1 is 1.24 bits per heavy atom. The van der Waals surface area contributed by atoms with Gasteiger partial charge >= 0.3 is 0 Å². The third-order valence-electron chi connectivity index (χ3n) is 3.45. The van der Waals surface area contributed by atoms with Crippen LogP contribution in [-0.4, -0.2) is 37.4 Å². The minimum absolute atomic E-state index is 0.0134. The average Bonchev–Trinajstić information content (AvgIpc) is 2.82. The number of nitrogens with zero attached hydrogens (tertiary/aromatic N) is 2. The summed E-state index contributed by atoms with van der Waals surface area (Å²) in [7, 11) is -2.55. The molecule has 0 saturated heterocycles. The second-order valence-corrected chi connectivity index (χ2v) is 9.26. The number of aryl methyl sites for hydroxylation is 3. The van der Waals surface area contributed by atoms with Gasteiger partial charge in [-0.15, -0.1) is 0 Å². The fourth-order valence-electron chi connectivity index (χ4n) is 2.28. The fourth-order valence-corrected chi connectivity index (χ4v) is 5.31. The highest BCUT2D eigenvalue weighted by Gasteiger charge is 2.30. The van der Waals surface area contributed by atoms with Crippen molar-refractivity contribution < 1.29 is 17.7 Å². The van der Waals surface area contributed by atoms with Gasteiger partial charge in [-0.05, 0) is 70.3 Å². The first-order chi connectivity index (χ1) is 11.5. The molecule has 0 atom stereocenters. The predicted molar refractivity (Wildman–Crippen MR) is 101 cm³/mol. The van der Waals surface area contributed by atoms with Crippen LogP contribution in [0.3, 0.4) is 0 Å². The number of carbonyl (C=O) groups excluding carboxylic acids is 1. The molecule has 25 heavy (non-hydrogen) atoms. The number of likely N-dealkylation sites (N-methyl/N-ethyl adjacent to an activating group) is 1. The minimum Gasteiger partial charge on any atom is -0.360 e. The summed E-state index contributed by atoms with van der Waals surface area (Å²) in [5.74, 6) is -0.281. The zero-order valence-corrected chi connectivity index (χ0v) is 18.0. The summed E-state index contributed by atoms with van der Waals surface area (Å²) in [6, 6.07) is 3.70. The van der Waals surface area contributed by atoms with Crippen molar-refractivity contribution in [1.82, 2.24) is 9.46 Å². The SMILES string of the molecule is Cc1cc(Br)c(NC(=O)CN(C)S(=O)(=O)c2c(C)noc2C)c(Br)c1. The van der Waals surface area contributed by atoms with Crippen LogP contribution in [0, 0.1) is 20.8 Å². The van der Waals surface area contributed by atoms with Gasteiger partial charge in [0.05, 0.1) is 12.2 Å². The van der Waals surface area contributed by atoms with Gasteiger partial charge in [0, 0.05) is 16.0 Å². The smallest absolute Gasteiger partial charge is 0.248 e. The van der Waals surface area contributed by atoms with E-state index in [0.29, 0.717) is 14.6 Å². The van der Waals surface area contributed by atoms with Crippen LogP contribution in [0.2, 0.25) is 0 Å². The summed E-state index contributed by atoms with van der Waals surface area (Å²) in [5.41, 5.74) is 1.81. The maximum absolute atomic E-state index is 12.6. The molecule has 0 saturated carbocycles. The van der Waals surface area contributed by atoms with Crippen molar-refractivity contribution in [2.45, 2.75) is 25.7 Å². The first kappa shape index (κ1) is 20.1. The molecule has 0 aliphatic carbocycles. The number of aromatic nitrogens is 1. The normalized spacial score (nSPS) is 11.8. The lowest BCUT2D eigenvalue weighted by Crippen LogP contribution is -2.35. The van der Waals surface area contributed by atoms with Crippen molar-refractivity contribution in [2.75, 3.05) is 18.9 Å². The van der Waals surface area contributed by atoms with Crippen molar-refractivity contribution in [3.63, 3.8) is 0 Å². The van der Waals surface area contributed by atoms with Gasteiger partial charge in [0.25, 0.3) is 0 Å². The summed E-state index contributed by atoms with van der Waals surface area (Å²) >= 11 is 6.77. The highest BCUT2D eigenvalue weighted by Crippen LogP contribution is 2.32. The zero-order chi connectivity index (χ0) is 18.9. The van der Waals surface area contributed by atoms with Crippen molar-refractivity contribution in [1.29, 1.82) is 0 Å². The van der Waals surface area contributed by atoms with Gasteiger partial charge in [-0.2, -0.15) is 4.31 Å². The number of nitrogens with one attached hydrogen (secondary N) is 1. The number of hydrogen-bond acceptors (Lipinski definition) is 5. The second-order valence-electron chi connectivity index (χ2n) is 5.57. The summed E-state index contributed by atoms with van der Waals surface area (Å²) in [4.78, 5) is 12.3. The number of benzene rings is 1. The van der Waals surface area contributed by atoms with Crippen molar-refractivity contribution >= 4 is 53.5 Å². The fraction of sp³-hybridized carbons (Fsp3) is 0.333. The Bertz CT molecular complexity index is 882. The van der Waals surface area contributed by atoms with Crippen LogP contribution in [0.4, 0.5) is 5.69 Å². The Balaban J connectivity index is 2.18. The van der Waals surface area contributed by atoms with Crippen molar-refractivity contribution in [3.05, 3.63) is 38.1 Å². The number of anilines is 1. The van der Waals surface area contributed by atoms with E-state index in [4.69, 9.17) is 4.52 Å². The minimum atomic E-state index is -3.88. The zero-order valence-electron chi connectivity index (χ0n) is 14.1. The lowest BCUT2D eigenvalue weighted by molar-refractivity contribution is -0.116. The molecular weight excluding hydrogens is 478 g/mol. The van der Waals surface area contributed by atoms with Gasteiger partial charge in [-0.1, -0.05) is 5.16 Å². The van der Waals surface area contributed by atoms with Gasteiger partial charge in [0.1, 0.15) is 10.6 Å². The number of rotatable bonds is 5. The van der Waals surface area contributed by atoms with E-state index in [9.17, 15) is 13.2 Å². The third kappa shape index (κ3) is 4.30. The second kappa shape index (κ2) is 7.56. The first-order valence-electron chi connectivity index (χ1n) is 7.18. The van der Waals surface area contributed by atoms with E-state index in [1.54, 1.807) is 0 Å². The quantitative estimate of drug-likeness (QED) is 0.687. The lowest BCUT2D eigenvalue weighted by Gasteiger charge is -2.17. The van der Waals surface area contributed by atoms with Crippen LogP contribution in [0.5, 0.6) is 0 Å². The molecule has 2 rings (SSSR count). The van der Waals surface area contributed by atoms with Gasteiger partial charge in [0.15, 0.2) is 5.76 Å². The third-order valence-corrected chi connectivity index (χ3v) is 6.75. The number of sulfonamides is 1. The number of amides is 1. The number of halogens is 2. The molecule has 0 aliphatic heterocycles. The van der Waals surface area contributed by atoms with E-state index >= 15 is 0 Å². The van der Waals surface area contributed by atoms with E-state index in [1.165, 1.54) is 20.9 Å². The van der Waals surface area contributed by atoms with Crippen LogP contribution in [0.15, 0.2) is 30.5 Å². The largest absolute Gasteiger partial charge is 0.360 e. The molecule has 1 amide bonds. The van der Waals surface area contributed by atoms with Gasteiger partial charge in [-0.3, -0.25) is 4.79 Å². The van der Waals surface area contributed by atoms with Crippen LogP contribution < -0.4 is 5.32 Å². The van der Waals surface area contributed by atoms with E-state index in [2.05, 4.69) is 42.3 Å². The molecule has 7 nitrogen and oxygen atoms in total. The predicted octanol–water partition coefficient (Wildman–Crippen LogP) is 3.38. The molecule has 0 fully saturated rings. The Morgan fingerprint density at radius 3 is 2.28 bits per heavy atom. The molecule has 0 unspecified atom stereocenters. The van der Waals surface area contributed by atoms with Crippen LogP contribution in [0.1, 0.15) is 17.0 Å². The highest BCUT2D eigenvalue weighted by molar-refractivity contribution is 9.11. The Hall–Kier alpha value is -1.23. The highest BCUT2D eigenvalue weighted by atomic mass is 79.9. The molecule has 0 aliphatic rings. The van der Waals surface area contributed by atoms with Gasteiger partial charge < -0.3 is 9.84 Å². The van der Waals surface area contributed by atoms with Crippen LogP contribution >= 0.6 is 31.9 Å². The molecule has 136 valence electrons. The summed E-state index contributed by atoms with van der Waals surface area (Å²) < 4.78 is 32.5. The topological polar surface area (TPSA) is 92.5 Å². The molecule has 1 heterocycles. The van der Waals surface area contributed by atoms with Crippen LogP contribution in [0.25, 0.3) is 0 Å². The molecular formula is C15H17Br2N3O4S. The molecule has 1 N–H and O–H groups in total. The molecule has 0 radical (unpaired) electrons. The van der Waals surface area contributed by atoms with Crippen LogP contribution in [-0.2, 0) is 14.8 Å². The average molecular weight is 495 g/mol. The van der Waals surface area contributed by atoms with Crippen molar-refractivity contribution in [3.8, 4) is 0 Å². The monoisotopic (exact) mass is 493 g/mol. The van der Waals surface area contributed by atoms with E-state index < -0.39 is 15.9 Å². The molecule has 1 aromatic heterocycles. The Kier molecular flexibility index (Phi) is 6.08. The Labute approximate surface area is 163 Å². The Morgan fingerprint density at radius 2 is 1.80 bits per heavy atom. The number of hydrogen-bond donors (Lipinski definition) is 1. The molecule has 1 aromatic carbocycles. The van der Waals surface area contributed by atoms with Gasteiger partial charge in [-0.25, -0.2) is 8.42 Å². The van der Waals surface area contributed by atoms with E-state index in [-0.39, 0.29) is 22.9 Å². The summed E-state index contributed by atoms with van der Waals surface area (Å²) in [6.07, 6.45) is 0. The van der Waals surface area contributed by atoms with E-state index in [1.807, 2.05) is 19.1 Å². The van der Waals surface area contributed by atoms with E-state index in [0.717, 1.165) is 9.87 Å².